The van der Waals surface area contributed by atoms with Crippen LogP contribution in [-0.4, -0.2) is 41.7 Å². The Bertz CT molecular complexity index is 1620. The van der Waals surface area contributed by atoms with E-state index in [0.29, 0.717) is 27.1 Å². The first-order chi connectivity index (χ1) is 18.3. The smallest absolute Gasteiger partial charge is 0.341 e. The molecule has 0 unspecified atom stereocenters. The molecule has 0 aliphatic rings. The summed E-state index contributed by atoms with van der Waals surface area (Å²) in [6.45, 7) is 8.93. The molecule has 0 saturated carbocycles. The van der Waals surface area contributed by atoms with Gasteiger partial charge in [-0.25, -0.2) is 9.59 Å². The van der Waals surface area contributed by atoms with E-state index in [-0.39, 0.29) is 40.6 Å². The van der Waals surface area contributed by atoms with E-state index in [0.717, 1.165) is 0 Å². The Morgan fingerprint density at radius 3 is 2.08 bits per heavy atom. The summed E-state index contributed by atoms with van der Waals surface area (Å²) in [5.74, 6) is -1.73. The maximum Gasteiger partial charge on any atom is 0.341 e. The SMILES string of the molecule is COC(=O)c1cc2ccccc2c(-c2c(O)ccc3cc(C(=O)OCC(C)(C)C(=O)C(C)(C)C)ccc23)c1O. The third-order valence-corrected chi connectivity index (χ3v) is 6.77. The number of hydrogen-bond acceptors (Lipinski definition) is 7. The molecular formula is C32H32O7. The molecular weight excluding hydrogens is 496 g/mol. The lowest BCUT2D eigenvalue weighted by molar-refractivity contribution is -0.137. The molecule has 4 aromatic carbocycles. The first-order valence-electron chi connectivity index (χ1n) is 12.6. The fourth-order valence-corrected chi connectivity index (χ4v) is 4.97. The molecule has 0 spiro atoms. The first-order valence-corrected chi connectivity index (χ1v) is 12.6. The topological polar surface area (TPSA) is 110 Å². The van der Waals surface area contributed by atoms with Gasteiger partial charge in [0.2, 0.25) is 0 Å². The summed E-state index contributed by atoms with van der Waals surface area (Å²) in [6, 6.07) is 16.7. The average molecular weight is 529 g/mol. The Morgan fingerprint density at radius 1 is 0.769 bits per heavy atom. The maximum absolute atomic E-state index is 12.9. The highest BCUT2D eigenvalue weighted by Gasteiger charge is 2.37. The minimum absolute atomic E-state index is 0.0114. The standard InChI is InChI=1S/C32H32O7/c1-31(2,3)30(37)32(4,5)17-39-28(35)20-11-13-22-19(15-20)12-14-24(33)25(22)26-21-10-8-7-9-18(21)16-23(27(26)34)29(36)38-6/h7-16,33-34H,17H2,1-6H3. The third kappa shape index (κ3) is 5.17. The van der Waals surface area contributed by atoms with Gasteiger partial charge in [0.15, 0.2) is 0 Å². The molecule has 2 N–H and O–H groups in total. The number of esters is 2. The van der Waals surface area contributed by atoms with Crippen LogP contribution in [-0.2, 0) is 14.3 Å². The Balaban J connectivity index is 1.79. The van der Waals surface area contributed by atoms with E-state index in [2.05, 4.69) is 0 Å². The van der Waals surface area contributed by atoms with Crippen LogP contribution in [0.1, 0.15) is 55.3 Å². The molecule has 0 radical (unpaired) electrons. The van der Waals surface area contributed by atoms with Crippen molar-refractivity contribution in [3.8, 4) is 22.6 Å². The van der Waals surface area contributed by atoms with Gasteiger partial charge in [0, 0.05) is 16.5 Å². The predicted octanol–water partition coefficient (Wildman–Crippen LogP) is 6.66. The van der Waals surface area contributed by atoms with Crippen molar-refractivity contribution in [2.75, 3.05) is 13.7 Å². The zero-order valence-electron chi connectivity index (χ0n) is 22.9. The summed E-state index contributed by atoms with van der Waals surface area (Å²) >= 11 is 0. The van der Waals surface area contributed by atoms with Gasteiger partial charge in [-0.1, -0.05) is 57.2 Å². The van der Waals surface area contributed by atoms with E-state index in [9.17, 15) is 24.6 Å². The van der Waals surface area contributed by atoms with Crippen LogP contribution in [0.5, 0.6) is 11.5 Å². The first kappa shape index (κ1) is 27.6. The van der Waals surface area contributed by atoms with Gasteiger partial charge in [-0.3, -0.25) is 4.79 Å². The number of benzene rings is 4. The number of hydrogen-bond donors (Lipinski definition) is 2. The van der Waals surface area contributed by atoms with Gasteiger partial charge in [-0.05, 0) is 59.7 Å². The molecule has 0 saturated heterocycles. The van der Waals surface area contributed by atoms with Crippen molar-refractivity contribution in [2.24, 2.45) is 10.8 Å². The number of methoxy groups -OCH3 is 1. The van der Waals surface area contributed by atoms with Crippen LogP contribution in [0.25, 0.3) is 32.7 Å². The van der Waals surface area contributed by atoms with Gasteiger partial charge in [0.25, 0.3) is 0 Å². The van der Waals surface area contributed by atoms with Crippen molar-refractivity contribution in [1.29, 1.82) is 0 Å². The van der Waals surface area contributed by atoms with Gasteiger partial charge in [-0.15, -0.1) is 0 Å². The van der Waals surface area contributed by atoms with E-state index >= 15 is 0 Å². The van der Waals surface area contributed by atoms with E-state index in [1.165, 1.54) is 13.2 Å². The minimum Gasteiger partial charge on any atom is -0.507 e. The summed E-state index contributed by atoms with van der Waals surface area (Å²) in [6.07, 6.45) is 0. The lowest BCUT2D eigenvalue weighted by Crippen LogP contribution is -2.38. The third-order valence-electron chi connectivity index (χ3n) is 6.77. The summed E-state index contributed by atoms with van der Waals surface area (Å²) < 4.78 is 10.4. The lowest BCUT2D eigenvalue weighted by atomic mass is 9.75. The number of carbonyl (C=O) groups excluding carboxylic acids is 3. The van der Waals surface area contributed by atoms with Crippen LogP contribution in [0.4, 0.5) is 0 Å². The fourth-order valence-electron chi connectivity index (χ4n) is 4.97. The molecule has 0 atom stereocenters. The molecule has 0 bridgehead atoms. The van der Waals surface area contributed by atoms with Crippen molar-refractivity contribution in [2.45, 2.75) is 34.6 Å². The number of ether oxygens (including phenoxy) is 2. The molecule has 39 heavy (non-hydrogen) atoms. The molecule has 0 amide bonds. The highest BCUT2D eigenvalue weighted by molar-refractivity contribution is 6.13. The van der Waals surface area contributed by atoms with Crippen molar-refractivity contribution >= 4 is 39.3 Å². The quantitative estimate of drug-likeness (QED) is 0.269. The number of phenolic OH excluding ortho intramolecular Hbond substituents is 2. The highest BCUT2D eigenvalue weighted by atomic mass is 16.5. The van der Waals surface area contributed by atoms with E-state index in [4.69, 9.17) is 9.47 Å². The second-order valence-electron chi connectivity index (χ2n) is 11.3. The Kier molecular flexibility index (Phi) is 7.13. The second-order valence-corrected chi connectivity index (χ2v) is 11.3. The molecule has 0 heterocycles. The summed E-state index contributed by atoms with van der Waals surface area (Å²) in [5.41, 5.74) is -0.602. The van der Waals surface area contributed by atoms with Gasteiger partial charge >= 0.3 is 11.9 Å². The second kappa shape index (κ2) is 10.1. The molecule has 7 nitrogen and oxygen atoms in total. The van der Waals surface area contributed by atoms with Gasteiger partial charge in [0.05, 0.1) is 18.1 Å². The molecule has 4 rings (SSSR count). The van der Waals surface area contributed by atoms with Crippen LogP contribution in [0.2, 0.25) is 0 Å². The van der Waals surface area contributed by atoms with Crippen LogP contribution >= 0.6 is 0 Å². The van der Waals surface area contributed by atoms with E-state index in [1.807, 2.05) is 20.8 Å². The molecule has 0 aromatic heterocycles. The molecule has 0 aliphatic carbocycles. The van der Waals surface area contributed by atoms with Crippen LogP contribution in [0.15, 0.2) is 60.7 Å². The minimum atomic E-state index is -0.854. The van der Waals surface area contributed by atoms with Gasteiger partial charge in [0.1, 0.15) is 29.5 Å². The summed E-state index contributed by atoms with van der Waals surface area (Å²) in [7, 11) is 1.23. The molecule has 0 aliphatic heterocycles. The van der Waals surface area contributed by atoms with E-state index in [1.54, 1.807) is 68.4 Å². The molecule has 4 aromatic rings. The summed E-state index contributed by atoms with van der Waals surface area (Å²) in [5, 5.41) is 24.6. The van der Waals surface area contributed by atoms with E-state index < -0.39 is 22.8 Å². The number of Topliss-reactive ketones (excluding diaryl/α,β-unsaturated/α-hetero) is 1. The molecule has 202 valence electrons. The van der Waals surface area contributed by atoms with Crippen molar-refractivity contribution in [1.82, 2.24) is 0 Å². The monoisotopic (exact) mass is 528 g/mol. The number of carbonyl (C=O) groups is 3. The molecule has 0 fully saturated rings. The number of aromatic hydroxyl groups is 2. The summed E-state index contributed by atoms with van der Waals surface area (Å²) in [4.78, 5) is 38.1. The zero-order valence-corrected chi connectivity index (χ0v) is 22.9. The highest BCUT2D eigenvalue weighted by Crippen LogP contribution is 2.46. The van der Waals surface area contributed by atoms with Crippen molar-refractivity contribution in [3.63, 3.8) is 0 Å². The van der Waals surface area contributed by atoms with Crippen molar-refractivity contribution in [3.05, 3.63) is 71.8 Å². The number of ketones is 1. The van der Waals surface area contributed by atoms with Gasteiger partial charge in [-0.2, -0.15) is 0 Å². The van der Waals surface area contributed by atoms with Crippen LogP contribution < -0.4 is 0 Å². The fraction of sp³-hybridized carbons (Fsp3) is 0.281. The lowest BCUT2D eigenvalue weighted by Gasteiger charge is -2.30. The number of phenols is 2. The van der Waals surface area contributed by atoms with Gasteiger partial charge < -0.3 is 19.7 Å². The Hall–Kier alpha value is -4.39. The maximum atomic E-state index is 12.9. The van der Waals surface area contributed by atoms with Crippen molar-refractivity contribution < 1.29 is 34.1 Å². The largest absolute Gasteiger partial charge is 0.507 e. The average Bonchev–Trinajstić information content (AvgIpc) is 2.90. The molecule has 7 heteroatoms. The Morgan fingerprint density at radius 2 is 1.41 bits per heavy atom. The number of rotatable bonds is 6. The Labute approximate surface area is 227 Å². The van der Waals surface area contributed by atoms with Crippen LogP contribution in [0.3, 0.4) is 0 Å². The van der Waals surface area contributed by atoms with Crippen LogP contribution in [0, 0.1) is 10.8 Å². The zero-order chi connectivity index (χ0) is 28.7. The normalized spacial score (nSPS) is 11.9. The predicted molar refractivity (Wildman–Crippen MR) is 150 cm³/mol. The number of fused-ring (bicyclic) bond motifs is 2.